The molecule has 0 radical (unpaired) electrons. The average molecular weight is 230 g/mol. The molecule has 0 unspecified atom stereocenters. The number of aliphatic carboxylic acids is 1. The van der Waals surface area contributed by atoms with Crippen molar-refractivity contribution in [3.05, 3.63) is 35.1 Å². The molecule has 0 amide bonds. The fourth-order valence-corrected chi connectivity index (χ4v) is 1.99. The maximum absolute atomic E-state index is 13.0. The minimum atomic E-state index is -1.57. The lowest BCUT2D eigenvalue weighted by atomic mass is 9.64. The van der Waals surface area contributed by atoms with Crippen molar-refractivity contribution in [1.29, 1.82) is 0 Å². The number of carbonyl (C=O) groups is 1. The molecule has 16 heavy (non-hydrogen) atoms. The SMILES string of the molecule is O=C(O)C1(c2cc(F)c(F)c(F)c2)CCC1. The molecule has 1 saturated carbocycles. The Kier molecular flexibility index (Phi) is 2.40. The van der Waals surface area contributed by atoms with Gasteiger partial charge in [-0.25, -0.2) is 13.2 Å². The van der Waals surface area contributed by atoms with Gasteiger partial charge >= 0.3 is 5.97 Å². The molecular weight excluding hydrogens is 221 g/mol. The summed E-state index contributed by atoms with van der Waals surface area (Å²) in [6.07, 6.45) is 1.34. The van der Waals surface area contributed by atoms with Crippen LogP contribution in [0.1, 0.15) is 24.8 Å². The van der Waals surface area contributed by atoms with Crippen molar-refractivity contribution in [3.8, 4) is 0 Å². The van der Waals surface area contributed by atoms with Crippen molar-refractivity contribution in [2.45, 2.75) is 24.7 Å². The van der Waals surface area contributed by atoms with Gasteiger partial charge in [-0.3, -0.25) is 4.79 Å². The molecule has 1 aromatic rings. The summed E-state index contributed by atoms with van der Waals surface area (Å²) in [4.78, 5) is 11.1. The second-order valence-corrected chi connectivity index (χ2v) is 3.99. The highest BCUT2D eigenvalue weighted by molar-refractivity contribution is 5.82. The Labute approximate surface area is 89.7 Å². The van der Waals surface area contributed by atoms with Crippen molar-refractivity contribution < 1.29 is 23.1 Å². The summed E-state index contributed by atoms with van der Waals surface area (Å²) in [6, 6.07) is 1.54. The van der Waals surface area contributed by atoms with E-state index in [2.05, 4.69) is 0 Å². The summed E-state index contributed by atoms with van der Waals surface area (Å²) < 4.78 is 38.7. The van der Waals surface area contributed by atoms with E-state index in [-0.39, 0.29) is 5.56 Å². The van der Waals surface area contributed by atoms with Crippen molar-refractivity contribution in [1.82, 2.24) is 0 Å². The number of hydrogen-bond acceptors (Lipinski definition) is 1. The van der Waals surface area contributed by atoms with E-state index in [0.29, 0.717) is 19.3 Å². The Morgan fingerprint density at radius 2 is 1.69 bits per heavy atom. The maximum atomic E-state index is 13.0. The highest BCUT2D eigenvalue weighted by atomic mass is 19.2. The first-order valence-electron chi connectivity index (χ1n) is 4.86. The summed E-state index contributed by atoms with van der Waals surface area (Å²) >= 11 is 0. The molecule has 5 heteroatoms. The molecule has 86 valence electrons. The minimum Gasteiger partial charge on any atom is -0.481 e. The predicted molar refractivity (Wildman–Crippen MR) is 49.5 cm³/mol. The molecule has 1 aromatic carbocycles. The molecule has 2 rings (SSSR count). The maximum Gasteiger partial charge on any atom is 0.314 e. The Bertz CT molecular complexity index is 430. The molecule has 1 N–H and O–H groups in total. The van der Waals surface area contributed by atoms with E-state index in [9.17, 15) is 18.0 Å². The molecule has 1 aliphatic rings. The Balaban J connectivity index is 2.52. The summed E-state index contributed by atoms with van der Waals surface area (Å²) in [6.45, 7) is 0. The molecule has 0 atom stereocenters. The number of benzene rings is 1. The van der Waals surface area contributed by atoms with Crippen molar-refractivity contribution >= 4 is 5.97 Å². The van der Waals surface area contributed by atoms with Gasteiger partial charge < -0.3 is 5.11 Å². The standard InChI is InChI=1S/C11H9F3O2/c12-7-4-6(5-8(13)9(7)14)11(10(15)16)2-1-3-11/h4-5H,1-3H2,(H,15,16). The molecule has 0 heterocycles. The van der Waals surface area contributed by atoms with Gasteiger partial charge in [-0.2, -0.15) is 0 Å². The first-order valence-corrected chi connectivity index (χ1v) is 4.86. The summed E-state index contributed by atoms with van der Waals surface area (Å²) in [7, 11) is 0. The Hall–Kier alpha value is -1.52. The molecule has 1 aliphatic carbocycles. The lowest BCUT2D eigenvalue weighted by Gasteiger charge is -2.38. The molecule has 0 spiro atoms. The van der Waals surface area contributed by atoms with E-state index in [1.807, 2.05) is 0 Å². The van der Waals surface area contributed by atoms with E-state index in [0.717, 1.165) is 12.1 Å². The number of carboxylic acids is 1. The van der Waals surface area contributed by atoms with Gasteiger partial charge in [0.15, 0.2) is 17.5 Å². The zero-order valence-corrected chi connectivity index (χ0v) is 8.27. The highest BCUT2D eigenvalue weighted by Gasteiger charge is 2.46. The topological polar surface area (TPSA) is 37.3 Å². The summed E-state index contributed by atoms with van der Waals surface area (Å²) in [5.41, 5.74) is -1.24. The van der Waals surface area contributed by atoms with Gasteiger partial charge in [0.05, 0.1) is 5.41 Å². The van der Waals surface area contributed by atoms with Crippen molar-refractivity contribution in [3.63, 3.8) is 0 Å². The van der Waals surface area contributed by atoms with Gasteiger partial charge in [0, 0.05) is 0 Å². The third-order valence-electron chi connectivity index (χ3n) is 3.15. The quantitative estimate of drug-likeness (QED) is 0.793. The minimum absolute atomic E-state index is 0.00245. The summed E-state index contributed by atoms with van der Waals surface area (Å²) in [5, 5.41) is 9.05. The average Bonchev–Trinajstić information content (AvgIpc) is 2.11. The smallest absolute Gasteiger partial charge is 0.314 e. The predicted octanol–water partition coefficient (Wildman–Crippen LogP) is 2.61. The van der Waals surface area contributed by atoms with E-state index in [1.54, 1.807) is 0 Å². The van der Waals surface area contributed by atoms with Gasteiger partial charge in [0.25, 0.3) is 0 Å². The summed E-state index contributed by atoms with van der Waals surface area (Å²) in [5.74, 6) is -5.38. The van der Waals surface area contributed by atoms with Crippen LogP contribution in [0.25, 0.3) is 0 Å². The van der Waals surface area contributed by atoms with Gasteiger partial charge in [0.2, 0.25) is 0 Å². The van der Waals surface area contributed by atoms with Crippen LogP contribution in [0, 0.1) is 17.5 Å². The molecule has 0 aromatic heterocycles. The molecule has 0 saturated heterocycles. The molecule has 2 nitrogen and oxygen atoms in total. The number of hydrogen-bond donors (Lipinski definition) is 1. The van der Waals surface area contributed by atoms with E-state index in [1.165, 1.54) is 0 Å². The van der Waals surface area contributed by atoms with Crippen LogP contribution in [0.15, 0.2) is 12.1 Å². The monoisotopic (exact) mass is 230 g/mol. The molecular formula is C11H9F3O2. The van der Waals surface area contributed by atoms with Crippen molar-refractivity contribution in [2.75, 3.05) is 0 Å². The van der Waals surface area contributed by atoms with E-state index < -0.39 is 28.8 Å². The van der Waals surface area contributed by atoms with Gasteiger partial charge in [-0.1, -0.05) is 6.42 Å². The van der Waals surface area contributed by atoms with Crippen LogP contribution in [0.4, 0.5) is 13.2 Å². The largest absolute Gasteiger partial charge is 0.481 e. The molecule has 0 aliphatic heterocycles. The first-order chi connectivity index (χ1) is 7.47. The first kappa shape index (κ1) is 11.0. The fraction of sp³-hybridized carbons (Fsp3) is 0.364. The van der Waals surface area contributed by atoms with Gasteiger partial charge in [0.1, 0.15) is 0 Å². The lowest BCUT2D eigenvalue weighted by molar-refractivity contribution is -0.147. The Morgan fingerprint density at radius 3 is 2.00 bits per heavy atom. The lowest BCUT2D eigenvalue weighted by Crippen LogP contribution is -2.42. The second kappa shape index (κ2) is 3.50. The third-order valence-corrected chi connectivity index (χ3v) is 3.15. The van der Waals surface area contributed by atoms with Gasteiger partial charge in [-0.15, -0.1) is 0 Å². The van der Waals surface area contributed by atoms with Crippen LogP contribution in [-0.4, -0.2) is 11.1 Å². The third kappa shape index (κ3) is 1.38. The zero-order valence-electron chi connectivity index (χ0n) is 8.27. The second-order valence-electron chi connectivity index (χ2n) is 3.99. The van der Waals surface area contributed by atoms with Crippen LogP contribution in [-0.2, 0) is 10.2 Å². The number of rotatable bonds is 2. The van der Waals surface area contributed by atoms with Crippen LogP contribution in [0.5, 0.6) is 0 Å². The normalized spacial score (nSPS) is 17.9. The van der Waals surface area contributed by atoms with Crippen LogP contribution < -0.4 is 0 Å². The van der Waals surface area contributed by atoms with E-state index >= 15 is 0 Å². The van der Waals surface area contributed by atoms with E-state index in [4.69, 9.17) is 5.11 Å². The number of carboxylic acid groups (broad SMARTS) is 1. The molecule has 0 bridgehead atoms. The highest BCUT2D eigenvalue weighted by Crippen LogP contribution is 2.44. The zero-order chi connectivity index (χ0) is 11.9. The van der Waals surface area contributed by atoms with Crippen molar-refractivity contribution in [2.24, 2.45) is 0 Å². The fourth-order valence-electron chi connectivity index (χ4n) is 1.99. The Morgan fingerprint density at radius 1 is 1.19 bits per heavy atom. The van der Waals surface area contributed by atoms with Crippen LogP contribution in [0.3, 0.4) is 0 Å². The van der Waals surface area contributed by atoms with Gasteiger partial charge in [-0.05, 0) is 30.5 Å². The number of halogens is 3. The molecule has 1 fully saturated rings. The van der Waals surface area contributed by atoms with Crippen LogP contribution in [0.2, 0.25) is 0 Å². The van der Waals surface area contributed by atoms with Crippen LogP contribution >= 0.6 is 0 Å².